The van der Waals surface area contributed by atoms with E-state index in [9.17, 15) is 0 Å². The van der Waals surface area contributed by atoms with Gasteiger partial charge in [0.05, 0.1) is 0 Å². The number of rotatable bonds is 5. The Morgan fingerprint density at radius 1 is 1.54 bits per heavy atom. The minimum Gasteiger partial charge on any atom is -0.466 e. The maximum absolute atomic E-state index is 8.80. The van der Waals surface area contributed by atoms with E-state index in [-0.39, 0.29) is 12.5 Å². The molecule has 13 heavy (non-hydrogen) atoms. The van der Waals surface area contributed by atoms with Crippen molar-refractivity contribution in [2.24, 2.45) is 5.73 Å². The fourth-order valence-electron chi connectivity index (χ4n) is 1.34. The third-order valence-corrected chi connectivity index (χ3v) is 2.20. The van der Waals surface area contributed by atoms with E-state index in [1.165, 1.54) is 0 Å². The van der Waals surface area contributed by atoms with E-state index in [0.29, 0.717) is 13.0 Å². The van der Waals surface area contributed by atoms with Gasteiger partial charge in [-0.25, -0.2) is 0 Å². The van der Waals surface area contributed by atoms with Gasteiger partial charge in [-0.3, -0.25) is 0 Å². The molecule has 0 aromatic carbocycles. The minimum absolute atomic E-state index is 0.157. The minimum atomic E-state index is 0.157. The lowest BCUT2D eigenvalue weighted by molar-refractivity contribution is 0.267. The Kier molecular flexibility index (Phi) is 3.99. The molecule has 0 aliphatic heterocycles. The Morgan fingerprint density at radius 2 is 2.31 bits per heavy atom. The van der Waals surface area contributed by atoms with Gasteiger partial charge in [-0.2, -0.15) is 0 Å². The zero-order valence-corrected chi connectivity index (χ0v) is 7.99. The van der Waals surface area contributed by atoms with Crippen LogP contribution in [0.4, 0.5) is 0 Å². The Hall–Kier alpha value is -0.800. The fraction of sp³-hybridized carbons (Fsp3) is 0.600. The second-order valence-electron chi connectivity index (χ2n) is 3.10. The molecule has 0 bridgehead atoms. The molecule has 1 aromatic heterocycles. The lowest BCUT2D eigenvalue weighted by Gasteiger charge is -2.09. The predicted octanol–water partition coefficient (Wildman–Crippen LogP) is 1.27. The summed E-state index contributed by atoms with van der Waals surface area (Å²) in [6, 6.07) is 3.92. The first kappa shape index (κ1) is 10.3. The number of hydrogen-bond acceptors (Lipinski definition) is 3. The van der Waals surface area contributed by atoms with Crippen LogP contribution in [0.25, 0.3) is 0 Å². The smallest absolute Gasteiger partial charge is 0.108 e. The summed E-state index contributed by atoms with van der Waals surface area (Å²) in [6.07, 6.45) is 1.57. The highest BCUT2D eigenvalue weighted by Gasteiger charge is 2.12. The molecule has 74 valence electrons. The van der Waals surface area contributed by atoms with Crippen molar-refractivity contribution >= 4 is 0 Å². The first-order valence-electron chi connectivity index (χ1n) is 4.71. The number of aryl methyl sites for hydroxylation is 1. The van der Waals surface area contributed by atoms with E-state index in [2.05, 4.69) is 0 Å². The average molecular weight is 183 g/mol. The average Bonchev–Trinajstić information content (AvgIpc) is 2.62. The zero-order valence-electron chi connectivity index (χ0n) is 7.99. The van der Waals surface area contributed by atoms with E-state index < -0.39 is 0 Å². The Morgan fingerprint density at radius 3 is 2.77 bits per heavy atom. The molecule has 0 aliphatic rings. The standard InChI is InChI=1S/C10H17NO2/c1-2-9-3-4-10(13-9)8(7-11)5-6-12/h3-4,8,12H,2,5-7,11H2,1H3. The number of aliphatic hydroxyl groups is 1. The van der Waals surface area contributed by atoms with Gasteiger partial charge in [-0.15, -0.1) is 0 Å². The normalized spacial score (nSPS) is 13.2. The SMILES string of the molecule is CCc1ccc(C(CN)CCO)o1. The lowest BCUT2D eigenvalue weighted by Crippen LogP contribution is -2.13. The van der Waals surface area contributed by atoms with Gasteiger partial charge < -0.3 is 15.3 Å². The van der Waals surface area contributed by atoms with Crippen LogP contribution in [0, 0.1) is 0 Å². The molecular weight excluding hydrogens is 166 g/mol. The Labute approximate surface area is 78.5 Å². The second-order valence-corrected chi connectivity index (χ2v) is 3.10. The van der Waals surface area contributed by atoms with Gasteiger partial charge >= 0.3 is 0 Å². The molecule has 1 rings (SSSR count). The van der Waals surface area contributed by atoms with Crippen LogP contribution in [0.5, 0.6) is 0 Å². The van der Waals surface area contributed by atoms with Crippen molar-refractivity contribution in [3.8, 4) is 0 Å². The summed E-state index contributed by atoms with van der Waals surface area (Å²) in [7, 11) is 0. The lowest BCUT2D eigenvalue weighted by atomic mass is 10.0. The molecule has 0 spiro atoms. The molecule has 0 amide bonds. The summed E-state index contributed by atoms with van der Waals surface area (Å²) in [5.74, 6) is 2.03. The molecule has 0 saturated heterocycles. The first-order valence-corrected chi connectivity index (χ1v) is 4.71. The van der Waals surface area contributed by atoms with Gasteiger partial charge in [0.2, 0.25) is 0 Å². The molecule has 1 atom stereocenters. The van der Waals surface area contributed by atoms with Crippen LogP contribution < -0.4 is 5.73 Å². The summed E-state index contributed by atoms with van der Waals surface area (Å²) < 4.78 is 5.55. The van der Waals surface area contributed by atoms with E-state index in [4.69, 9.17) is 15.3 Å². The Bertz CT molecular complexity index is 245. The maximum Gasteiger partial charge on any atom is 0.108 e. The quantitative estimate of drug-likeness (QED) is 0.722. The molecule has 3 nitrogen and oxygen atoms in total. The van der Waals surface area contributed by atoms with Crippen molar-refractivity contribution in [1.29, 1.82) is 0 Å². The van der Waals surface area contributed by atoms with Crippen molar-refractivity contribution in [2.45, 2.75) is 25.7 Å². The number of nitrogens with two attached hydrogens (primary N) is 1. The monoisotopic (exact) mass is 183 g/mol. The summed E-state index contributed by atoms with van der Waals surface area (Å²) >= 11 is 0. The first-order chi connectivity index (χ1) is 6.31. The zero-order chi connectivity index (χ0) is 9.68. The van der Waals surface area contributed by atoms with Gasteiger partial charge in [-0.05, 0) is 18.6 Å². The maximum atomic E-state index is 8.80. The van der Waals surface area contributed by atoms with Gasteiger partial charge in [0.15, 0.2) is 0 Å². The number of furan rings is 1. The van der Waals surface area contributed by atoms with Crippen LogP contribution in [0.15, 0.2) is 16.5 Å². The number of hydrogen-bond donors (Lipinski definition) is 2. The molecule has 1 aromatic rings. The van der Waals surface area contributed by atoms with Gasteiger partial charge in [0.1, 0.15) is 11.5 Å². The van der Waals surface area contributed by atoms with Crippen LogP contribution in [0.2, 0.25) is 0 Å². The fourth-order valence-corrected chi connectivity index (χ4v) is 1.34. The summed E-state index contributed by atoms with van der Waals surface area (Å²) in [5.41, 5.74) is 5.57. The van der Waals surface area contributed by atoms with Crippen molar-refractivity contribution < 1.29 is 9.52 Å². The van der Waals surface area contributed by atoms with E-state index in [1.54, 1.807) is 0 Å². The van der Waals surface area contributed by atoms with Gasteiger partial charge in [-0.1, -0.05) is 6.92 Å². The highest BCUT2D eigenvalue weighted by atomic mass is 16.3. The van der Waals surface area contributed by atoms with Crippen LogP contribution >= 0.6 is 0 Å². The second kappa shape index (κ2) is 5.04. The predicted molar refractivity (Wildman–Crippen MR) is 51.6 cm³/mol. The molecule has 0 radical (unpaired) electrons. The third kappa shape index (κ3) is 2.57. The topological polar surface area (TPSA) is 59.4 Å². The van der Waals surface area contributed by atoms with E-state index in [1.807, 2.05) is 19.1 Å². The van der Waals surface area contributed by atoms with E-state index >= 15 is 0 Å². The molecule has 0 saturated carbocycles. The number of aliphatic hydroxyl groups excluding tert-OH is 1. The summed E-state index contributed by atoms with van der Waals surface area (Å²) in [5, 5.41) is 8.80. The van der Waals surface area contributed by atoms with Crippen molar-refractivity contribution in [2.75, 3.05) is 13.2 Å². The third-order valence-electron chi connectivity index (χ3n) is 2.20. The molecule has 3 N–H and O–H groups in total. The van der Waals surface area contributed by atoms with Crippen molar-refractivity contribution in [1.82, 2.24) is 0 Å². The highest BCUT2D eigenvalue weighted by Crippen LogP contribution is 2.20. The molecule has 1 unspecified atom stereocenters. The molecule has 3 heteroatoms. The van der Waals surface area contributed by atoms with E-state index in [0.717, 1.165) is 17.9 Å². The van der Waals surface area contributed by atoms with Crippen LogP contribution in [-0.2, 0) is 6.42 Å². The van der Waals surface area contributed by atoms with Gasteiger partial charge in [0.25, 0.3) is 0 Å². The largest absolute Gasteiger partial charge is 0.466 e. The van der Waals surface area contributed by atoms with Gasteiger partial charge in [0, 0.05) is 25.5 Å². The van der Waals surface area contributed by atoms with Crippen LogP contribution in [0.1, 0.15) is 30.8 Å². The van der Waals surface area contributed by atoms with Crippen molar-refractivity contribution in [3.05, 3.63) is 23.7 Å². The Balaban J connectivity index is 2.67. The summed E-state index contributed by atoms with van der Waals surface area (Å²) in [4.78, 5) is 0. The molecule has 0 fully saturated rings. The molecule has 1 heterocycles. The summed E-state index contributed by atoms with van der Waals surface area (Å²) in [6.45, 7) is 2.73. The van der Waals surface area contributed by atoms with Crippen molar-refractivity contribution in [3.63, 3.8) is 0 Å². The van der Waals surface area contributed by atoms with Crippen LogP contribution in [0.3, 0.4) is 0 Å². The highest BCUT2D eigenvalue weighted by molar-refractivity contribution is 5.11. The molecular formula is C10H17NO2. The van der Waals surface area contributed by atoms with Crippen LogP contribution in [-0.4, -0.2) is 18.3 Å². The molecule has 0 aliphatic carbocycles.